The minimum Gasteiger partial charge on any atom is -0.366 e. The van der Waals surface area contributed by atoms with Gasteiger partial charge in [-0.2, -0.15) is 0 Å². The molecule has 3 rings (SSSR count). The molecule has 2 fully saturated rings. The summed E-state index contributed by atoms with van der Waals surface area (Å²) < 4.78 is 19.2. The molecule has 2 saturated carbocycles. The third-order valence-corrected chi connectivity index (χ3v) is 6.63. The molecule has 4 atom stereocenters. The van der Waals surface area contributed by atoms with Crippen LogP contribution in [0.5, 0.6) is 0 Å². The fourth-order valence-electron chi connectivity index (χ4n) is 4.60. The molecule has 0 aliphatic heterocycles. The third kappa shape index (κ3) is 4.07. The molecular weight excluding hydrogens is 340 g/mol. The van der Waals surface area contributed by atoms with Gasteiger partial charge in [0.05, 0.1) is 40.1 Å². The quantitative estimate of drug-likeness (QED) is 0.459. The highest BCUT2D eigenvalue weighted by molar-refractivity contribution is 5.41. The first-order valence-corrected chi connectivity index (χ1v) is 10.0. The van der Waals surface area contributed by atoms with Crippen molar-refractivity contribution in [3.63, 3.8) is 0 Å². The average Bonchev–Trinajstić information content (AvgIpc) is 3.35. The van der Waals surface area contributed by atoms with Crippen molar-refractivity contribution < 1.29 is 14.2 Å². The molecule has 5 nitrogen and oxygen atoms in total. The Morgan fingerprint density at radius 3 is 2.19 bits per heavy atom. The summed E-state index contributed by atoms with van der Waals surface area (Å²) in [5.41, 5.74) is 1.23. The zero-order valence-electron chi connectivity index (χ0n) is 18.4. The highest BCUT2D eigenvalue weighted by atomic mass is 16.6. The summed E-state index contributed by atoms with van der Waals surface area (Å²) in [5, 5.41) is 7.08. The summed E-state index contributed by atoms with van der Waals surface area (Å²) in [4.78, 5) is 4.11. The largest absolute Gasteiger partial charge is 0.366 e. The van der Waals surface area contributed by atoms with Crippen molar-refractivity contribution in [1.82, 2.24) is 0 Å². The molecule has 3 aliphatic rings. The third-order valence-electron chi connectivity index (χ3n) is 6.63. The summed E-state index contributed by atoms with van der Waals surface area (Å²) >= 11 is 0. The van der Waals surface area contributed by atoms with Gasteiger partial charge in [-0.3, -0.25) is 0 Å². The van der Waals surface area contributed by atoms with Gasteiger partial charge in [0.2, 0.25) is 0 Å². The van der Waals surface area contributed by atoms with Crippen LogP contribution in [0.1, 0.15) is 81.6 Å². The molecule has 152 valence electrons. The van der Waals surface area contributed by atoms with Crippen molar-refractivity contribution in [3.8, 4) is 0 Å². The molecule has 0 aromatic heterocycles. The second-order valence-electron chi connectivity index (χ2n) is 10.7. The van der Waals surface area contributed by atoms with Crippen LogP contribution in [0.4, 0.5) is 0 Å². The van der Waals surface area contributed by atoms with Gasteiger partial charge in [-0.25, -0.2) is 10.4 Å². The number of hydrogen-bond acceptors (Lipinski definition) is 5. The van der Waals surface area contributed by atoms with E-state index in [1.54, 1.807) is 0 Å². The molecular formula is C22H36N2O3. The van der Waals surface area contributed by atoms with E-state index >= 15 is 0 Å². The maximum absolute atomic E-state index is 7.08. The molecule has 27 heavy (non-hydrogen) atoms. The van der Waals surface area contributed by atoms with Gasteiger partial charge >= 0.3 is 0 Å². The van der Waals surface area contributed by atoms with Crippen LogP contribution in [0.25, 0.3) is 0 Å². The highest BCUT2D eigenvalue weighted by Gasteiger charge is 2.69. The Bertz CT molecular complexity index is 709. The van der Waals surface area contributed by atoms with Gasteiger partial charge in [-0.15, -0.1) is 0 Å². The lowest BCUT2D eigenvalue weighted by molar-refractivity contribution is -0.159. The Hall–Kier alpha value is -1.00. The first kappa shape index (κ1) is 20.7. The summed E-state index contributed by atoms with van der Waals surface area (Å²) in [6.45, 7) is 19.1. The average molecular weight is 377 g/mol. The van der Waals surface area contributed by atoms with Gasteiger partial charge < -0.3 is 14.2 Å². The minimum atomic E-state index is -0.323. The van der Waals surface area contributed by atoms with Gasteiger partial charge in [-0.05, 0) is 73.5 Å². The van der Waals surface area contributed by atoms with Crippen LogP contribution in [0.15, 0.2) is 16.1 Å². The first-order chi connectivity index (χ1) is 12.2. The monoisotopic (exact) mass is 376 g/mol. The van der Waals surface area contributed by atoms with Gasteiger partial charge in [0.1, 0.15) is 6.10 Å². The normalized spacial score (nSPS) is 38.6. The summed E-state index contributed by atoms with van der Waals surface area (Å²) in [6, 6.07) is 2.16. The van der Waals surface area contributed by atoms with E-state index in [-0.39, 0.29) is 40.2 Å². The highest BCUT2D eigenvalue weighted by Crippen LogP contribution is 2.59. The number of aliphatic imine (C=N–C) groups is 1. The molecule has 0 bridgehead atoms. The Labute approximate surface area is 164 Å². The van der Waals surface area contributed by atoms with E-state index in [2.05, 4.69) is 66.4 Å². The van der Waals surface area contributed by atoms with Crippen LogP contribution in [0.2, 0.25) is 0 Å². The number of nitrogens with one attached hydrogen (secondary N) is 1. The van der Waals surface area contributed by atoms with Crippen LogP contribution in [0.3, 0.4) is 0 Å². The molecule has 0 heterocycles. The summed E-state index contributed by atoms with van der Waals surface area (Å²) in [5.74, 6) is 0. The zero-order chi connectivity index (χ0) is 20.5. The molecule has 1 N–H and O–H groups in total. The van der Waals surface area contributed by atoms with Crippen LogP contribution >= 0.6 is 0 Å². The maximum Gasteiger partial charge on any atom is 0.100 e. The Kier molecular flexibility index (Phi) is 4.60. The van der Waals surface area contributed by atoms with Gasteiger partial charge in [-0.1, -0.05) is 0 Å². The summed E-state index contributed by atoms with van der Waals surface area (Å²) in [7, 11) is 0. The standard InChI is InChI=1S/C22H36N2O3/c1-14-15(2)17(14)26-18(3,4)11-19(5,6)27-22(9)12-21(22,8)25-16-10-20(16,7)24-13-23/h16-17,23H,10-12H2,1-9H3. The van der Waals surface area contributed by atoms with E-state index in [0.717, 1.165) is 19.3 Å². The molecule has 0 amide bonds. The lowest BCUT2D eigenvalue weighted by Crippen LogP contribution is -2.43. The Morgan fingerprint density at radius 1 is 1.07 bits per heavy atom. The number of ether oxygens (including phenoxy) is 3. The van der Waals surface area contributed by atoms with Crippen LogP contribution in [-0.2, 0) is 14.2 Å². The van der Waals surface area contributed by atoms with E-state index in [1.165, 1.54) is 11.1 Å². The lowest BCUT2D eigenvalue weighted by Gasteiger charge is -2.38. The SMILES string of the molecule is CC1=C(C)C1OC(C)(C)CC(C)(C)OC1(C)CC1(C)OC1CC1(C)N=C=N. The summed E-state index contributed by atoms with van der Waals surface area (Å²) in [6.07, 6.45) is 2.79. The topological polar surface area (TPSA) is 63.9 Å². The van der Waals surface area contributed by atoms with Gasteiger partial charge in [0.15, 0.2) is 0 Å². The van der Waals surface area contributed by atoms with Crippen molar-refractivity contribution in [3.05, 3.63) is 11.1 Å². The number of rotatable bonds is 9. The van der Waals surface area contributed by atoms with Gasteiger partial charge in [0.25, 0.3) is 0 Å². The second-order valence-corrected chi connectivity index (χ2v) is 10.7. The van der Waals surface area contributed by atoms with Crippen LogP contribution in [-0.4, -0.2) is 46.2 Å². The van der Waals surface area contributed by atoms with E-state index in [1.807, 2.05) is 6.92 Å². The van der Waals surface area contributed by atoms with Crippen LogP contribution in [0, 0.1) is 5.41 Å². The lowest BCUT2D eigenvalue weighted by atomic mass is 9.91. The molecule has 3 aliphatic carbocycles. The maximum atomic E-state index is 7.08. The predicted molar refractivity (Wildman–Crippen MR) is 107 cm³/mol. The second kappa shape index (κ2) is 6.00. The molecule has 5 heteroatoms. The Balaban J connectivity index is 1.55. The molecule has 0 spiro atoms. The molecule has 0 radical (unpaired) electrons. The molecule has 0 aromatic carbocycles. The minimum absolute atomic E-state index is 0.0561. The fourth-order valence-corrected chi connectivity index (χ4v) is 4.60. The van der Waals surface area contributed by atoms with Crippen molar-refractivity contribution in [1.29, 1.82) is 5.41 Å². The smallest absolute Gasteiger partial charge is 0.100 e. The predicted octanol–water partition coefficient (Wildman–Crippen LogP) is 4.91. The number of nitrogens with zero attached hydrogens (tertiary/aromatic N) is 1. The molecule has 4 unspecified atom stereocenters. The van der Waals surface area contributed by atoms with Crippen molar-refractivity contribution >= 4 is 6.01 Å². The van der Waals surface area contributed by atoms with Gasteiger partial charge in [0, 0.05) is 19.3 Å². The Morgan fingerprint density at radius 2 is 1.67 bits per heavy atom. The van der Waals surface area contributed by atoms with E-state index in [4.69, 9.17) is 19.6 Å². The molecule has 0 aromatic rings. The number of hydrogen-bond donors (Lipinski definition) is 1. The van der Waals surface area contributed by atoms with E-state index < -0.39 is 0 Å². The first-order valence-electron chi connectivity index (χ1n) is 10.0. The van der Waals surface area contributed by atoms with Crippen molar-refractivity contribution in [2.24, 2.45) is 4.99 Å². The van der Waals surface area contributed by atoms with E-state index in [0.29, 0.717) is 0 Å². The van der Waals surface area contributed by atoms with Crippen LogP contribution < -0.4 is 0 Å². The fraction of sp³-hybridized carbons (Fsp3) is 0.864. The van der Waals surface area contributed by atoms with Crippen molar-refractivity contribution in [2.45, 2.75) is 122 Å². The molecule has 0 saturated heterocycles. The van der Waals surface area contributed by atoms with Crippen molar-refractivity contribution in [2.75, 3.05) is 0 Å². The van der Waals surface area contributed by atoms with E-state index in [9.17, 15) is 0 Å². The zero-order valence-corrected chi connectivity index (χ0v) is 18.4.